The fourth-order valence-electron chi connectivity index (χ4n) is 2.72. The number of nitro groups is 1. The summed E-state index contributed by atoms with van der Waals surface area (Å²) in [5.74, 6) is -0.263. The van der Waals surface area contributed by atoms with E-state index in [9.17, 15) is 28.1 Å². The highest BCUT2D eigenvalue weighted by Gasteiger charge is 2.30. The van der Waals surface area contributed by atoms with Gasteiger partial charge in [-0.1, -0.05) is 0 Å². The maximum atomic E-state index is 12.6. The van der Waals surface area contributed by atoms with E-state index in [1.165, 1.54) is 23.4 Å². The molecular formula is C16H21N3O6S. The minimum atomic E-state index is -3.72. The number of hydrogen-bond donors (Lipinski definition) is 1. The van der Waals surface area contributed by atoms with E-state index in [0.29, 0.717) is 12.8 Å². The van der Waals surface area contributed by atoms with Crippen LogP contribution in [0.15, 0.2) is 29.2 Å². The van der Waals surface area contributed by atoms with E-state index in [1.54, 1.807) is 0 Å². The predicted octanol–water partition coefficient (Wildman–Crippen LogP) is 1.23. The lowest BCUT2D eigenvalue weighted by atomic mass is 10.1. The molecule has 2 rings (SSSR count). The Hall–Kier alpha value is -2.33. The monoisotopic (exact) mass is 383 g/mol. The number of benzene rings is 1. The zero-order valence-electron chi connectivity index (χ0n) is 14.4. The van der Waals surface area contributed by atoms with Gasteiger partial charge in [0, 0.05) is 44.1 Å². The molecule has 1 aromatic carbocycles. The topological polar surface area (TPSA) is 127 Å². The number of Topliss-reactive ketones (excluding diaryl/α,β-unsaturated/α-hetero) is 1. The average Bonchev–Trinajstić information content (AvgIpc) is 2.60. The lowest BCUT2D eigenvalue weighted by Gasteiger charge is -2.31. The lowest BCUT2D eigenvalue weighted by Crippen LogP contribution is -2.46. The first kappa shape index (κ1) is 20.0. The molecule has 26 heavy (non-hydrogen) atoms. The lowest BCUT2D eigenvalue weighted by molar-refractivity contribution is -0.384. The van der Waals surface area contributed by atoms with Crippen LogP contribution < -0.4 is 5.32 Å². The normalized spacial score (nSPS) is 16.2. The van der Waals surface area contributed by atoms with Crippen LogP contribution in [0.2, 0.25) is 0 Å². The second-order valence-corrected chi connectivity index (χ2v) is 8.14. The summed E-state index contributed by atoms with van der Waals surface area (Å²) in [7, 11) is -3.72. The second-order valence-electron chi connectivity index (χ2n) is 6.20. The van der Waals surface area contributed by atoms with Gasteiger partial charge < -0.3 is 10.1 Å². The molecule has 1 fully saturated rings. The van der Waals surface area contributed by atoms with Gasteiger partial charge >= 0.3 is 0 Å². The minimum absolute atomic E-state index is 0.00652. The molecule has 0 bridgehead atoms. The summed E-state index contributed by atoms with van der Waals surface area (Å²) in [5.41, 5.74) is -0.170. The Kier molecular flexibility index (Phi) is 6.43. The largest absolute Gasteiger partial charge is 0.353 e. The molecule has 1 aliphatic heterocycles. The molecule has 1 aromatic rings. The smallest absolute Gasteiger partial charge is 0.269 e. The summed E-state index contributed by atoms with van der Waals surface area (Å²) in [4.78, 5) is 32.7. The maximum Gasteiger partial charge on any atom is 0.269 e. The Balaban J connectivity index is 1.92. The van der Waals surface area contributed by atoms with E-state index in [-0.39, 0.29) is 54.2 Å². The van der Waals surface area contributed by atoms with Crippen LogP contribution in [-0.2, 0) is 19.6 Å². The van der Waals surface area contributed by atoms with Gasteiger partial charge in [0.2, 0.25) is 15.9 Å². The van der Waals surface area contributed by atoms with Crippen LogP contribution in [0.3, 0.4) is 0 Å². The van der Waals surface area contributed by atoms with E-state index in [4.69, 9.17) is 0 Å². The summed E-state index contributed by atoms with van der Waals surface area (Å²) in [6.45, 7) is 1.92. The number of sulfonamides is 1. The first-order valence-electron chi connectivity index (χ1n) is 8.23. The quantitative estimate of drug-likeness (QED) is 0.557. The van der Waals surface area contributed by atoms with Gasteiger partial charge in [-0.3, -0.25) is 14.9 Å². The Morgan fingerprint density at radius 1 is 1.19 bits per heavy atom. The van der Waals surface area contributed by atoms with Crippen LogP contribution in [-0.4, -0.2) is 48.5 Å². The van der Waals surface area contributed by atoms with Crippen molar-refractivity contribution >= 4 is 27.4 Å². The van der Waals surface area contributed by atoms with Crippen molar-refractivity contribution in [1.82, 2.24) is 9.62 Å². The van der Waals surface area contributed by atoms with Gasteiger partial charge in [-0.15, -0.1) is 0 Å². The molecule has 0 unspecified atom stereocenters. The van der Waals surface area contributed by atoms with E-state index in [1.807, 2.05) is 0 Å². The number of piperidine rings is 1. The van der Waals surface area contributed by atoms with Gasteiger partial charge in [-0.05, 0) is 31.9 Å². The molecule has 1 amide bonds. The van der Waals surface area contributed by atoms with Crippen molar-refractivity contribution in [1.29, 1.82) is 0 Å². The number of nitrogens with zero attached hydrogens (tertiary/aromatic N) is 2. The minimum Gasteiger partial charge on any atom is -0.353 e. The molecule has 0 aromatic heterocycles. The number of nitrogens with one attached hydrogen (secondary N) is 1. The van der Waals surface area contributed by atoms with Gasteiger partial charge in [-0.25, -0.2) is 8.42 Å². The average molecular weight is 383 g/mol. The number of ketones is 1. The highest BCUT2D eigenvalue weighted by Crippen LogP contribution is 2.23. The molecule has 0 atom stereocenters. The van der Waals surface area contributed by atoms with E-state index < -0.39 is 14.9 Å². The maximum absolute atomic E-state index is 12.6. The van der Waals surface area contributed by atoms with Gasteiger partial charge in [0.05, 0.1) is 9.82 Å². The third-order valence-electron chi connectivity index (χ3n) is 4.21. The Morgan fingerprint density at radius 2 is 1.77 bits per heavy atom. The molecule has 10 heteroatoms. The highest BCUT2D eigenvalue weighted by atomic mass is 32.2. The number of nitro benzene ring substituents is 1. The summed E-state index contributed by atoms with van der Waals surface area (Å²) in [6, 6.07) is 4.65. The van der Waals surface area contributed by atoms with Gasteiger partial charge in [0.1, 0.15) is 5.78 Å². The number of carbonyl (C=O) groups excluding carboxylic acids is 2. The van der Waals surface area contributed by atoms with E-state index >= 15 is 0 Å². The zero-order chi connectivity index (χ0) is 19.3. The zero-order valence-corrected chi connectivity index (χ0v) is 15.2. The number of rotatable bonds is 7. The first-order chi connectivity index (χ1) is 12.2. The van der Waals surface area contributed by atoms with Gasteiger partial charge in [0.25, 0.3) is 5.69 Å². The van der Waals surface area contributed by atoms with Crippen molar-refractivity contribution in [3.63, 3.8) is 0 Å². The Labute approximate surface area is 151 Å². The third kappa shape index (κ3) is 5.09. The molecule has 0 radical (unpaired) electrons. The fourth-order valence-corrected chi connectivity index (χ4v) is 4.19. The standard InChI is InChI=1S/C16H21N3O6S/c1-12(20)2-7-16(21)17-13-8-10-18(11-9-13)26(24,25)15-5-3-14(4-6-15)19(22)23/h3-6,13H,2,7-11H2,1H3,(H,17,21). The predicted molar refractivity (Wildman–Crippen MR) is 92.9 cm³/mol. The van der Waals surface area contributed by atoms with Crippen LogP contribution in [0.4, 0.5) is 5.69 Å². The summed E-state index contributed by atoms with van der Waals surface area (Å²) in [5, 5.41) is 13.5. The van der Waals surface area contributed by atoms with Crippen LogP contribution in [0, 0.1) is 10.1 Å². The highest BCUT2D eigenvalue weighted by molar-refractivity contribution is 7.89. The van der Waals surface area contributed by atoms with Crippen molar-refractivity contribution in [2.24, 2.45) is 0 Å². The van der Waals surface area contributed by atoms with Crippen LogP contribution in [0.5, 0.6) is 0 Å². The SMILES string of the molecule is CC(=O)CCC(=O)NC1CCN(S(=O)(=O)c2ccc([N+](=O)[O-])cc2)CC1. The third-order valence-corrected chi connectivity index (χ3v) is 6.12. The van der Waals surface area contributed by atoms with Crippen molar-refractivity contribution in [3.05, 3.63) is 34.4 Å². The van der Waals surface area contributed by atoms with Gasteiger partial charge in [-0.2, -0.15) is 4.31 Å². The molecule has 0 aliphatic carbocycles. The molecule has 0 spiro atoms. The fraction of sp³-hybridized carbons (Fsp3) is 0.500. The number of amides is 1. The van der Waals surface area contributed by atoms with Crippen LogP contribution in [0.25, 0.3) is 0 Å². The summed E-state index contributed by atoms with van der Waals surface area (Å²) >= 11 is 0. The van der Waals surface area contributed by atoms with Gasteiger partial charge in [0.15, 0.2) is 0 Å². The molecule has 0 saturated carbocycles. The molecule has 142 valence electrons. The van der Waals surface area contributed by atoms with E-state index in [0.717, 1.165) is 12.1 Å². The number of hydrogen-bond acceptors (Lipinski definition) is 6. The Bertz CT molecular complexity index is 783. The summed E-state index contributed by atoms with van der Waals surface area (Å²) in [6.07, 6.45) is 1.27. The number of carbonyl (C=O) groups is 2. The van der Waals surface area contributed by atoms with Crippen molar-refractivity contribution in [2.45, 2.75) is 43.5 Å². The molecular weight excluding hydrogens is 362 g/mol. The molecule has 1 N–H and O–H groups in total. The number of non-ortho nitro benzene ring substituents is 1. The Morgan fingerprint density at radius 3 is 2.27 bits per heavy atom. The van der Waals surface area contributed by atoms with Crippen molar-refractivity contribution in [2.75, 3.05) is 13.1 Å². The second kappa shape index (κ2) is 8.37. The van der Waals surface area contributed by atoms with Crippen molar-refractivity contribution < 1.29 is 22.9 Å². The molecule has 1 aliphatic rings. The van der Waals surface area contributed by atoms with Crippen LogP contribution in [0.1, 0.15) is 32.6 Å². The van der Waals surface area contributed by atoms with E-state index in [2.05, 4.69) is 5.32 Å². The van der Waals surface area contributed by atoms with Crippen molar-refractivity contribution in [3.8, 4) is 0 Å². The molecule has 1 saturated heterocycles. The molecule has 9 nitrogen and oxygen atoms in total. The summed E-state index contributed by atoms with van der Waals surface area (Å²) < 4.78 is 26.5. The first-order valence-corrected chi connectivity index (χ1v) is 9.67. The molecule has 1 heterocycles. The van der Waals surface area contributed by atoms with Crippen LogP contribution >= 0.6 is 0 Å².